The van der Waals surface area contributed by atoms with Gasteiger partial charge in [-0.25, -0.2) is 9.97 Å². The van der Waals surface area contributed by atoms with Crippen molar-refractivity contribution in [2.24, 2.45) is 0 Å². The lowest BCUT2D eigenvalue weighted by Crippen LogP contribution is -2.00. The molecule has 0 saturated carbocycles. The Morgan fingerprint density at radius 2 is 0.911 bits per heavy atom. The minimum atomic E-state index is 0.704. The Morgan fingerprint density at radius 3 is 1.62 bits per heavy atom. The fraction of sp³-hybridized carbons (Fsp3) is 0. The highest BCUT2D eigenvalue weighted by Crippen LogP contribution is 2.44. The van der Waals surface area contributed by atoms with Gasteiger partial charge in [-0.1, -0.05) is 158 Å². The fourth-order valence-corrected chi connectivity index (χ4v) is 9.38. The predicted octanol–water partition coefficient (Wildman–Crippen LogP) is 14.3. The van der Waals surface area contributed by atoms with Crippen molar-refractivity contribution in [3.8, 4) is 61.7 Å². The third-order valence-corrected chi connectivity index (χ3v) is 12.0. The summed E-state index contributed by atoms with van der Waals surface area (Å²) in [5.41, 5.74) is 14.2. The zero-order valence-electron chi connectivity index (χ0n) is 30.3. The Morgan fingerprint density at radius 1 is 0.393 bits per heavy atom. The van der Waals surface area contributed by atoms with Crippen molar-refractivity contribution >= 4 is 53.4 Å². The van der Waals surface area contributed by atoms with E-state index in [1.165, 1.54) is 42.4 Å². The van der Waals surface area contributed by atoms with Crippen LogP contribution in [0.25, 0.3) is 104 Å². The maximum atomic E-state index is 5.56. The van der Waals surface area contributed by atoms with E-state index in [9.17, 15) is 0 Å². The maximum absolute atomic E-state index is 5.56. The molecule has 0 unspecified atom stereocenters. The van der Waals surface area contributed by atoms with Crippen LogP contribution in [0.2, 0.25) is 0 Å². The predicted molar refractivity (Wildman–Crippen MR) is 236 cm³/mol. The average molecular weight is 732 g/mol. The largest absolute Gasteiger partial charge is 0.306 e. The number of hydrogen-bond donors (Lipinski definition) is 0. The van der Waals surface area contributed by atoms with Gasteiger partial charge in [-0.05, 0) is 75.8 Å². The van der Waals surface area contributed by atoms with E-state index in [0.29, 0.717) is 5.82 Å². The van der Waals surface area contributed by atoms with Gasteiger partial charge in [0.2, 0.25) is 0 Å². The summed E-state index contributed by atoms with van der Waals surface area (Å²) in [4.78, 5) is 11.0. The molecular formula is C52H33N3S. The van der Waals surface area contributed by atoms with Crippen molar-refractivity contribution in [2.45, 2.75) is 0 Å². The lowest BCUT2D eigenvalue weighted by atomic mass is 9.95. The molecule has 0 saturated heterocycles. The molecule has 4 heteroatoms. The number of thiophene rings is 1. The quantitative estimate of drug-likeness (QED) is 0.170. The van der Waals surface area contributed by atoms with Gasteiger partial charge in [0, 0.05) is 42.4 Å². The molecule has 8 aromatic carbocycles. The van der Waals surface area contributed by atoms with Crippen LogP contribution in [0.5, 0.6) is 0 Å². The number of fused-ring (bicyclic) bond motifs is 6. The lowest BCUT2D eigenvalue weighted by molar-refractivity contribution is 1.15. The van der Waals surface area contributed by atoms with Gasteiger partial charge < -0.3 is 4.57 Å². The van der Waals surface area contributed by atoms with E-state index in [0.717, 1.165) is 55.6 Å². The van der Waals surface area contributed by atoms with Crippen LogP contribution in [0.15, 0.2) is 200 Å². The summed E-state index contributed by atoms with van der Waals surface area (Å²) in [7, 11) is 0. The summed E-state index contributed by atoms with van der Waals surface area (Å²) in [5, 5.41) is 3.61. The lowest BCUT2D eigenvalue weighted by Gasteiger charge is -2.13. The average Bonchev–Trinajstić information content (AvgIpc) is 3.83. The standard InChI is InChI=1S/C52H33N3S/c1-3-15-34(16-4-1)35-17-11-18-36(31-35)37-19-12-20-38(32-37)39-21-13-22-40(33-39)52-53-48-44-26-7-9-29-46(44)55(41-23-5-2-6-24-41)50(48)49(54-52)45-28-14-27-43-42-25-8-10-30-47(42)56-51(43)45/h1-33H. The normalized spacial score (nSPS) is 11.6. The molecule has 56 heavy (non-hydrogen) atoms. The number of benzene rings is 8. The van der Waals surface area contributed by atoms with Gasteiger partial charge in [-0.15, -0.1) is 11.3 Å². The summed E-state index contributed by atoms with van der Waals surface area (Å²) in [6.45, 7) is 0. The minimum Gasteiger partial charge on any atom is -0.306 e. The Bertz CT molecular complexity index is 3250. The molecule has 0 amide bonds. The Hall–Kier alpha value is -7.14. The molecule has 0 aliphatic heterocycles. The van der Waals surface area contributed by atoms with Crippen LogP contribution in [0.1, 0.15) is 0 Å². The highest BCUT2D eigenvalue weighted by Gasteiger charge is 2.23. The van der Waals surface area contributed by atoms with Crippen molar-refractivity contribution in [2.75, 3.05) is 0 Å². The van der Waals surface area contributed by atoms with E-state index in [1.54, 1.807) is 0 Å². The van der Waals surface area contributed by atoms with E-state index in [1.807, 2.05) is 11.3 Å². The highest BCUT2D eigenvalue weighted by molar-refractivity contribution is 7.26. The summed E-state index contributed by atoms with van der Waals surface area (Å²) in [6.07, 6.45) is 0. The molecule has 0 bridgehead atoms. The smallest absolute Gasteiger partial charge is 0.160 e. The Labute approximate surface area is 328 Å². The maximum Gasteiger partial charge on any atom is 0.160 e. The van der Waals surface area contributed by atoms with Crippen LogP contribution in [-0.4, -0.2) is 14.5 Å². The summed E-state index contributed by atoms with van der Waals surface area (Å²) in [5.74, 6) is 0.704. The van der Waals surface area contributed by atoms with Gasteiger partial charge >= 0.3 is 0 Å². The molecule has 3 aromatic heterocycles. The Kier molecular flexibility index (Phi) is 7.68. The fourth-order valence-electron chi connectivity index (χ4n) is 8.16. The first kappa shape index (κ1) is 32.3. The van der Waals surface area contributed by atoms with Crippen LogP contribution in [-0.2, 0) is 0 Å². The second-order valence-electron chi connectivity index (χ2n) is 14.2. The van der Waals surface area contributed by atoms with Crippen molar-refractivity contribution in [3.05, 3.63) is 200 Å². The molecule has 0 N–H and O–H groups in total. The zero-order valence-corrected chi connectivity index (χ0v) is 31.1. The van der Waals surface area contributed by atoms with Gasteiger partial charge in [-0.2, -0.15) is 0 Å². The van der Waals surface area contributed by atoms with Crippen LogP contribution >= 0.6 is 11.3 Å². The number of rotatable bonds is 6. The van der Waals surface area contributed by atoms with Crippen molar-refractivity contribution < 1.29 is 0 Å². The van der Waals surface area contributed by atoms with E-state index >= 15 is 0 Å². The Balaban J connectivity index is 1.11. The van der Waals surface area contributed by atoms with E-state index in [4.69, 9.17) is 9.97 Å². The molecule has 0 aliphatic carbocycles. The summed E-state index contributed by atoms with van der Waals surface area (Å²) >= 11 is 1.83. The van der Waals surface area contributed by atoms with Crippen LogP contribution in [0.4, 0.5) is 0 Å². The molecule has 0 fully saturated rings. The number of para-hydroxylation sites is 2. The first-order chi connectivity index (χ1) is 27.8. The third kappa shape index (κ3) is 5.42. The van der Waals surface area contributed by atoms with Gasteiger partial charge in [0.1, 0.15) is 11.2 Å². The van der Waals surface area contributed by atoms with E-state index < -0.39 is 0 Å². The molecule has 0 aliphatic rings. The number of nitrogens with zero attached hydrogens (tertiary/aromatic N) is 3. The van der Waals surface area contributed by atoms with Gasteiger partial charge in [-0.3, -0.25) is 0 Å². The molecule has 11 rings (SSSR count). The highest BCUT2D eigenvalue weighted by atomic mass is 32.1. The minimum absolute atomic E-state index is 0.704. The molecule has 0 atom stereocenters. The second-order valence-corrected chi connectivity index (χ2v) is 15.2. The summed E-state index contributed by atoms with van der Waals surface area (Å²) in [6, 6.07) is 71.3. The van der Waals surface area contributed by atoms with Crippen LogP contribution < -0.4 is 0 Å². The van der Waals surface area contributed by atoms with Crippen molar-refractivity contribution in [3.63, 3.8) is 0 Å². The molecule has 0 spiro atoms. The first-order valence-corrected chi connectivity index (χ1v) is 19.7. The molecule has 262 valence electrons. The summed E-state index contributed by atoms with van der Waals surface area (Å²) < 4.78 is 4.84. The van der Waals surface area contributed by atoms with E-state index in [-0.39, 0.29) is 0 Å². The monoisotopic (exact) mass is 731 g/mol. The zero-order chi connectivity index (χ0) is 37.0. The van der Waals surface area contributed by atoms with Gasteiger partial charge in [0.05, 0.1) is 11.0 Å². The molecule has 3 heterocycles. The van der Waals surface area contributed by atoms with Crippen molar-refractivity contribution in [1.29, 1.82) is 0 Å². The van der Waals surface area contributed by atoms with E-state index in [2.05, 4.69) is 205 Å². The van der Waals surface area contributed by atoms with Crippen LogP contribution in [0.3, 0.4) is 0 Å². The molecular weight excluding hydrogens is 699 g/mol. The molecule has 3 nitrogen and oxygen atoms in total. The van der Waals surface area contributed by atoms with Crippen LogP contribution in [0, 0.1) is 0 Å². The number of hydrogen-bond acceptors (Lipinski definition) is 3. The first-order valence-electron chi connectivity index (χ1n) is 18.9. The third-order valence-electron chi connectivity index (χ3n) is 10.8. The molecule has 11 aromatic rings. The van der Waals surface area contributed by atoms with Crippen molar-refractivity contribution in [1.82, 2.24) is 14.5 Å². The van der Waals surface area contributed by atoms with Gasteiger partial charge in [0.15, 0.2) is 5.82 Å². The molecule has 0 radical (unpaired) electrons. The number of aromatic nitrogens is 3. The second kappa shape index (κ2) is 13.3. The topological polar surface area (TPSA) is 30.7 Å². The van der Waals surface area contributed by atoms with Gasteiger partial charge in [0.25, 0.3) is 0 Å². The SMILES string of the molecule is c1ccc(-c2cccc(-c3cccc(-c4cccc(-c5nc(-c6cccc7c6sc6ccccc67)c6c(n5)c5ccccc5n6-c5ccccc5)c4)c3)c2)cc1.